The summed E-state index contributed by atoms with van der Waals surface area (Å²) in [5.74, 6) is 0. The van der Waals surface area contributed by atoms with E-state index in [0.29, 0.717) is 0 Å². The molecule has 0 fully saturated rings. The molecule has 0 N–H and O–H groups in total. The summed E-state index contributed by atoms with van der Waals surface area (Å²) in [4.78, 5) is 9.04. The third-order valence-corrected chi connectivity index (χ3v) is 3.94. The smallest absolute Gasteiger partial charge is 0.0709 e. The van der Waals surface area contributed by atoms with E-state index in [1.807, 2.05) is 18.3 Å². The van der Waals surface area contributed by atoms with Gasteiger partial charge in [0, 0.05) is 17.0 Å². The number of aryl methyl sites for hydroxylation is 1. The molecule has 110 valence electrons. The summed E-state index contributed by atoms with van der Waals surface area (Å²) < 4.78 is 0. The van der Waals surface area contributed by atoms with Crippen molar-refractivity contribution in [3.8, 4) is 0 Å². The molecule has 2 heteroatoms. The van der Waals surface area contributed by atoms with Crippen molar-refractivity contribution in [2.75, 3.05) is 0 Å². The highest BCUT2D eigenvalue weighted by Gasteiger charge is 1.97. The summed E-state index contributed by atoms with van der Waals surface area (Å²) in [5.41, 5.74) is 5.42. The van der Waals surface area contributed by atoms with E-state index in [1.54, 1.807) is 0 Å². The van der Waals surface area contributed by atoms with E-state index in [1.165, 1.54) is 10.9 Å². The van der Waals surface area contributed by atoms with Crippen LogP contribution in [0.25, 0.3) is 34.0 Å². The maximum atomic E-state index is 4.69. The molecule has 0 bridgehead atoms. The van der Waals surface area contributed by atoms with Gasteiger partial charge in [-0.2, -0.15) is 0 Å². The molecular weight excluding hydrogens is 280 g/mol. The second-order valence-corrected chi connectivity index (χ2v) is 5.72. The maximum absolute atomic E-state index is 4.69. The topological polar surface area (TPSA) is 25.8 Å². The third-order valence-electron chi connectivity index (χ3n) is 3.94. The molecule has 0 aliphatic carbocycles. The first-order valence-corrected chi connectivity index (χ1v) is 7.68. The molecule has 2 aromatic heterocycles. The zero-order chi connectivity index (χ0) is 15.6. The molecule has 0 atom stereocenters. The lowest BCUT2D eigenvalue weighted by molar-refractivity contribution is 1.36. The monoisotopic (exact) mass is 296 g/mol. The highest BCUT2D eigenvalue weighted by atomic mass is 14.7. The summed E-state index contributed by atoms with van der Waals surface area (Å²) in [6, 6.07) is 20.8. The predicted octanol–water partition coefficient (Wildman–Crippen LogP) is 5.26. The molecule has 0 spiro atoms. The average molecular weight is 296 g/mol. The zero-order valence-electron chi connectivity index (χ0n) is 12.9. The van der Waals surface area contributed by atoms with Gasteiger partial charge in [-0.25, -0.2) is 4.98 Å². The zero-order valence-corrected chi connectivity index (χ0v) is 12.9. The second kappa shape index (κ2) is 5.65. The fourth-order valence-electron chi connectivity index (χ4n) is 2.73. The first kappa shape index (κ1) is 13.6. The van der Waals surface area contributed by atoms with Crippen LogP contribution in [0, 0.1) is 6.92 Å². The van der Waals surface area contributed by atoms with Crippen LogP contribution >= 0.6 is 0 Å². The van der Waals surface area contributed by atoms with E-state index in [-0.39, 0.29) is 0 Å². The van der Waals surface area contributed by atoms with Crippen molar-refractivity contribution < 1.29 is 0 Å². The quantitative estimate of drug-likeness (QED) is 0.504. The van der Waals surface area contributed by atoms with Crippen molar-refractivity contribution in [1.82, 2.24) is 9.97 Å². The number of pyridine rings is 2. The van der Waals surface area contributed by atoms with Gasteiger partial charge in [0.1, 0.15) is 0 Å². The van der Waals surface area contributed by atoms with E-state index >= 15 is 0 Å². The Hall–Kier alpha value is -3.00. The van der Waals surface area contributed by atoms with Gasteiger partial charge in [-0.1, -0.05) is 35.9 Å². The number of hydrogen-bond acceptors (Lipinski definition) is 2. The van der Waals surface area contributed by atoms with E-state index in [4.69, 9.17) is 4.98 Å². The molecule has 4 aromatic rings. The maximum Gasteiger partial charge on any atom is 0.0709 e. The molecule has 0 aliphatic heterocycles. The molecule has 2 nitrogen and oxygen atoms in total. The molecule has 2 aromatic carbocycles. The minimum atomic E-state index is 0.965. The van der Waals surface area contributed by atoms with Crippen molar-refractivity contribution in [1.29, 1.82) is 0 Å². The second-order valence-electron chi connectivity index (χ2n) is 5.72. The number of rotatable bonds is 2. The summed E-state index contributed by atoms with van der Waals surface area (Å²) in [6.45, 7) is 2.10. The van der Waals surface area contributed by atoms with Gasteiger partial charge in [-0.15, -0.1) is 0 Å². The van der Waals surface area contributed by atoms with E-state index in [9.17, 15) is 0 Å². The van der Waals surface area contributed by atoms with Gasteiger partial charge in [-0.3, -0.25) is 4.98 Å². The van der Waals surface area contributed by atoms with Gasteiger partial charge >= 0.3 is 0 Å². The van der Waals surface area contributed by atoms with Gasteiger partial charge in [0.15, 0.2) is 0 Å². The van der Waals surface area contributed by atoms with Crippen LogP contribution in [0.3, 0.4) is 0 Å². The third kappa shape index (κ3) is 2.84. The largest absolute Gasteiger partial charge is 0.256 e. The molecule has 0 aliphatic rings. The van der Waals surface area contributed by atoms with Crippen LogP contribution in [-0.4, -0.2) is 9.97 Å². The van der Waals surface area contributed by atoms with Crippen molar-refractivity contribution in [2.45, 2.75) is 6.92 Å². The Morgan fingerprint density at radius 1 is 0.783 bits per heavy atom. The number of aromatic nitrogens is 2. The molecule has 0 saturated heterocycles. The van der Waals surface area contributed by atoms with Crippen LogP contribution in [0.5, 0.6) is 0 Å². The lowest BCUT2D eigenvalue weighted by atomic mass is 10.1. The summed E-state index contributed by atoms with van der Waals surface area (Å²) in [7, 11) is 0. The summed E-state index contributed by atoms with van der Waals surface area (Å²) >= 11 is 0. The molecular formula is C21H16N2. The van der Waals surface area contributed by atoms with Crippen LogP contribution < -0.4 is 0 Å². The molecule has 0 radical (unpaired) electrons. The molecule has 4 rings (SSSR count). The number of fused-ring (bicyclic) bond motifs is 2. The van der Waals surface area contributed by atoms with Crippen molar-refractivity contribution >= 4 is 34.0 Å². The Kier molecular flexibility index (Phi) is 3.35. The van der Waals surface area contributed by atoms with Crippen LogP contribution in [0.1, 0.15) is 16.8 Å². The predicted molar refractivity (Wildman–Crippen MR) is 97.2 cm³/mol. The van der Waals surface area contributed by atoms with Crippen LogP contribution in [0.4, 0.5) is 0 Å². The van der Waals surface area contributed by atoms with E-state index in [2.05, 4.69) is 72.6 Å². The fraction of sp³-hybridized carbons (Fsp3) is 0.0476. The lowest BCUT2D eigenvalue weighted by Gasteiger charge is -2.01. The minimum absolute atomic E-state index is 0.965. The standard InChI is InChI=1S/C21H16N2/c1-15-4-10-21-18(13-15)7-9-19(23-21)8-5-16-6-11-20-17(14-16)3-2-12-22-20/h2-14H,1H3/b8-5+. The summed E-state index contributed by atoms with van der Waals surface area (Å²) in [6.07, 6.45) is 5.96. The molecule has 0 saturated carbocycles. The lowest BCUT2D eigenvalue weighted by Crippen LogP contribution is -1.84. The minimum Gasteiger partial charge on any atom is -0.256 e. The first-order valence-electron chi connectivity index (χ1n) is 7.68. The van der Waals surface area contributed by atoms with Gasteiger partial charge in [-0.05, 0) is 55.0 Å². The molecule has 0 unspecified atom stereocenters. The Morgan fingerprint density at radius 3 is 2.61 bits per heavy atom. The Bertz CT molecular complexity index is 1030. The Balaban J connectivity index is 1.67. The van der Waals surface area contributed by atoms with Crippen LogP contribution in [0.15, 0.2) is 66.9 Å². The first-order chi connectivity index (χ1) is 11.3. The normalized spacial score (nSPS) is 11.5. The van der Waals surface area contributed by atoms with Crippen molar-refractivity contribution in [2.24, 2.45) is 0 Å². The number of hydrogen-bond donors (Lipinski definition) is 0. The highest BCUT2D eigenvalue weighted by molar-refractivity contribution is 5.84. The van der Waals surface area contributed by atoms with Gasteiger partial charge < -0.3 is 0 Å². The SMILES string of the molecule is Cc1ccc2nc(/C=C/c3ccc4ncccc4c3)ccc2c1. The van der Waals surface area contributed by atoms with E-state index < -0.39 is 0 Å². The Morgan fingerprint density at radius 2 is 1.65 bits per heavy atom. The Labute approximate surface area is 135 Å². The highest BCUT2D eigenvalue weighted by Crippen LogP contribution is 2.17. The van der Waals surface area contributed by atoms with E-state index in [0.717, 1.165) is 27.7 Å². The summed E-state index contributed by atoms with van der Waals surface area (Å²) in [5, 5.41) is 2.33. The number of benzene rings is 2. The van der Waals surface area contributed by atoms with Gasteiger partial charge in [0.25, 0.3) is 0 Å². The van der Waals surface area contributed by atoms with Crippen molar-refractivity contribution in [3.05, 3.63) is 83.7 Å². The molecule has 23 heavy (non-hydrogen) atoms. The number of nitrogens with zero attached hydrogens (tertiary/aromatic N) is 2. The molecule has 2 heterocycles. The van der Waals surface area contributed by atoms with Gasteiger partial charge in [0.05, 0.1) is 16.7 Å². The van der Waals surface area contributed by atoms with Crippen molar-refractivity contribution in [3.63, 3.8) is 0 Å². The fourth-order valence-corrected chi connectivity index (χ4v) is 2.73. The molecule has 0 amide bonds. The van der Waals surface area contributed by atoms with Crippen LogP contribution in [-0.2, 0) is 0 Å². The van der Waals surface area contributed by atoms with Gasteiger partial charge in [0.2, 0.25) is 0 Å². The van der Waals surface area contributed by atoms with Crippen LogP contribution in [0.2, 0.25) is 0 Å². The average Bonchev–Trinajstić information content (AvgIpc) is 2.59.